The van der Waals surface area contributed by atoms with Gasteiger partial charge in [-0.2, -0.15) is 0 Å². The molecule has 0 radical (unpaired) electrons. The van der Waals surface area contributed by atoms with E-state index < -0.39 is 62.6 Å². The van der Waals surface area contributed by atoms with Crippen LogP contribution in [0.15, 0.2) is 35.5 Å². The molecule has 194 valence electrons. The second kappa shape index (κ2) is 8.42. The third-order valence-electron chi connectivity index (χ3n) is 6.63. The average Bonchev–Trinajstić information content (AvgIpc) is 2.80. The highest BCUT2D eigenvalue weighted by atomic mass is 32.3. The summed E-state index contributed by atoms with van der Waals surface area (Å²) in [6.45, 7) is 3.80. The lowest BCUT2D eigenvalue weighted by atomic mass is 9.88. The number of nitrogens with two attached hydrogens (primary N) is 1. The largest absolute Gasteiger partial charge is 0.478 e. The molecule has 2 aliphatic rings. The number of nitrogens with zero attached hydrogens (tertiary/aromatic N) is 3. The number of halogens is 3. The number of amidine groups is 1. The highest BCUT2D eigenvalue weighted by Gasteiger charge is 2.64. The summed E-state index contributed by atoms with van der Waals surface area (Å²) in [5.74, 6) is -6.23. The first-order valence-corrected chi connectivity index (χ1v) is 12.5. The first kappa shape index (κ1) is 25.9. The molecule has 4 heterocycles. The molecule has 1 amide bonds. The Bertz CT molecular complexity index is 1270. The summed E-state index contributed by atoms with van der Waals surface area (Å²) >= 11 is 0. The van der Waals surface area contributed by atoms with Crippen molar-refractivity contribution in [3.8, 4) is 0 Å². The van der Waals surface area contributed by atoms with Crippen LogP contribution in [0.5, 0.6) is 0 Å². The van der Waals surface area contributed by atoms with Gasteiger partial charge in [0.2, 0.25) is 0 Å². The number of aliphatic imine (C=N–C) groups is 1. The van der Waals surface area contributed by atoms with Gasteiger partial charge in [-0.15, -0.1) is 0 Å². The van der Waals surface area contributed by atoms with E-state index >= 15 is 4.39 Å². The predicted molar refractivity (Wildman–Crippen MR) is 128 cm³/mol. The number of hydrogen-bond acceptors (Lipinski definition) is 8. The Labute approximate surface area is 205 Å². The lowest BCUT2D eigenvalue weighted by Gasteiger charge is -2.61. The summed E-state index contributed by atoms with van der Waals surface area (Å²) in [7, 11) is -3.08. The summed E-state index contributed by atoms with van der Waals surface area (Å²) in [4.78, 5) is 35.9. The molecule has 4 rings (SSSR count). The van der Waals surface area contributed by atoms with E-state index in [1.807, 2.05) is 0 Å². The van der Waals surface area contributed by atoms with Crippen LogP contribution < -0.4 is 15.8 Å². The van der Waals surface area contributed by atoms with E-state index in [0.29, 0.717) is 0 Å². The topological polar surface area (TPSA) is 163 Å². The van der Waals surface area contributed by atoms with E-state index in [1.165, 1.54) is 25.1 Å². The quantitative estimate of drug-likeness (QED) is 0.406. The lowest BCUT2D eigenvalue weighted by molar-refractivity contribution is -0.0148. The SMILES string of the molecule is CC1(C)C(N)=N[C@](C)(c2nc(NC(=O)c3ccc(C(=O)O)cn3)ccc2F)[C@H]2CC(F)(F)CNS21O. The normalized spacial score (nSPS) is 30.3. The van der Waals surface area contributed by atoms with Crippen LogP contribution in [-0.4, -0.2) is 59.8 Å². The first-order valence-electron chi connectivity index (χ1n) is 10.8. The molecule has 0 aromatic carbocycles. The second-order valence-electron chi connectivity index (χ2n) is 9.37. The van der Waals surface area contributed by atoms with Gasteiger partial charge in [-0.05, 0) is 45.0 Å². The molecular weight excluding hydrogens is 501 g/mol. The summed E-state index contributed by atoms with van der Waals surface area (Å²) < 4.78 is 57.2. The van der Waals surface area contributed by atoms with Gasteiger partial charge in [0.25, 0.3) is 11.8 Å². The van der Waals surface area contributed by atoms with E-state index in [9.17, 15) is 22.9 Å². The van der Waals surface area contributed by atoms with Crippen LogP contribution >= 0.6 is 10.5 Å². The zero-order chi connectivity index (χ0) is 26.7. The van der Waals surface area contributed by atoms with Crippen LogP contribution in [-0.2, 0) is 5.54 Å². The first-order chi connectivity index (χ1) is 16.6. The van der Waals surface area contributed by atoms with Gasteiger partial charge in [0.05, 0.1) is 22.1 Å². The summed E-state index contributed by atoms with van der Waals surface area (Å²) in [5.41, 5.74) is 3.77. The highest BCUT2D eigenvalue weighted by molar-refractivity contribution is 8.29. The number of nitrogens with one attached hydrogen (secondary N) is 2. The molecule has 6 N–H and O–H groups in total. The Hall–Kier alpha value is -3.23. The minimum atomic E-state index is -3.20. The molecule has 0 aliphatic carbocycles. The zero-order valence-corrected chi connectivity index (χ0v) is 20.4. The third kappa shape index (κ3) is 4.08. The van der Waals surface area contributed by atoms with E-state index in [1.54, 1.807) is 13.8 Å². The van der Waals surface area contributed by atoms with Crippen LogP contribution in [0, 0.1) is 5.82 Å². The van der Waals surface area contributed by atoms with Crippen molar-refractivity contribution in [3.63, 3.8) is 0 Å². The van der Waals surface area contributed by atoms with Gasteiger partial charge in [0, 0.05) is 12.6 Å². The Balaban J connectivity index is 1.74. The summed E-state index contributed by atoms with van der Waals surface area (Å²) in [6.07, 6.45) is 0.225. The van der Waals surface area contributed by atoms with E-state index in [-0.39, 0.29) is 28.6 Å². The number of rotatable bonds is 4. The maximum atomic E-state index is 15.1. The molecule has 1 unspecified atom stereocenters. The third-order valence-corrected chi connectivity index (χ3v) is 10.4. The molecule has 0 bridgehead atoms. The van der Waals surface area contributed by atoms with Crippen molar-refractivity contribution in [1.82, 2.24) is 14.7 Å². The number of anilines is 1. The van der Waals surface area contributed by atoms with Crippen molar-refractivity contribution in [2.24, 2.45) is 10.7 Å². The van der Waals surface area contributed by atoms with E-state index in [2.05, 4.69) is 25.0 Å². The molecule has 36 heavy (non-hydrogen) atoms. The molecular formula is C22H25F3N6O4S. The van der Waals surface area contributed by atoms with Crippen LogP contribution in [0.25, 0.3) is 0 Å². The maximum Gasteiger partial charge on any atom is 0.337 e. The fourth-order valence-corrected chi connectivity index (χ4v) is 7.75. The van der Waals surface area contributed by atoms with E-state index in [4.69, 9.17) is 10.8 Å². The number of alkyl halides is 2. The summed E-state index contributed by atoms with van der Waals surface area (Å²) in [5, 5.41) is 10.1. The number of pyridine rings is 2. The number of carbonyl (C=O) groups is 2. The van der Waals surface area contributed by atoms with Gasteiger partial charge in [-0.1, -0.05) is 10.5 Å². The highest BCUT2D eigenvalue weighted by Crippen LogP contribution is 2.67. The van der Waals surface area contributed by atoms with Gasteiger partial charge in [-0.3, -0.25) is 19.5 Å². The number of carbonyl (C=O) groups excluding carboxylic acids is 1. The van der Waals surface area contributed by atoms with Crippen molar-refractivity contribution < 1.29 is 32.4 Å². The van der Waals surface area contributed by atoms with Crippen LogP contribution in [0.2, 0.25) is 0 Å². The molecule has 0 saturated carbocycles. The Kier molecular flexibility index (Phi) is 6.05. The molecule has 2 aromatic heterocycles. The van der Waals surface area contributed by atoms with Crippen LogP contribution in [0.4, 0.5) is 19.0 Å². The number of amides is 1. The van der Waals surface area contributed by atoms with Crippen molar-refractivity contribution >= 4 is 34.0 Å². The Morgan fingerprint density at radius 1 is 1.22 bits per heavy atom. The Morgan fingerprint density at radius 3 is 2.53 bits per heavy atom. The predicted octanol–water partition coefficient (Wildman–Crippen LogP) is 3.12. The fourth-order valence-electron chi connectivity index (χ4n) is 4.37. The number of carboxylic acids is 1. The number of carboxylic acid groups (broad SMARTS) is 1. The average molecular weight is 527 g/mol. The smallest absolute Gasteiger partial charge is 0.337 e. The number of fused-ring (bicyclic) bond motifs is 1. The maximum absolute atomic E-state index is 15.1. The zero-order valence-electron chi connectivity index (χ0n) is 19.6. The minimum Gasteiger partial charge on any atom is -0.478 e. The summed E-state index contributed by atoms with van der Waals surface area (Å²) in [6, 6.07) is 4.55. The van der Waals surface area contributed by atoms with Gasteiger partial charge >= 0.3 is 5.97 Å². The standard InChI is InChI=1S/C22H25F3N6O4S/c1-20(2)19(26)31-21(3,14-8-22(24,25)10-28-36(14,20)35)16-12(23)5-7-15(29-16)30-17(32)13-6-4-11(9-27-13)18(33)34/h4-7,9,14,28,35H,8,10H2,1-3H3,(H2,26,31)(H,33,34)(H,29,30,32)/t14-,21+/m1/s1. The second-order valence-corrected chi connectivity index (χ2v) is 12.5. The monoisotopic (exact) mass is 526 g/mol. The molecule has 0 spiro atoms. The van der Waals surface area contributed by atoms with Gasteiger partial charge in [-0.25, -0.2) is 22.9 Å². The van der Waals surface area contributed by atoms with Crippen LogP contribution in [0.1, 0.15) is 53.7 Å². The van der Waals surface area contributed by atoms with Crippen molar-refractivity contribution in [1.29, 1.82) is 0 Å². The van der Waals surface area contributed by atoms with Gasteiger partial charge in [0.15, 0.2) is 0 Å². The number of aromatic carboxylic acids is 1. The van der Waals surface area contributed by atoms with Crippen molar-refractivity contribution in [3.05, 3.63) is 53.2 Å². The molecule has 10 nitrogen and oxygen atoms in total. The fraction of sp³-hybridized carbons (Fsp3) is 0.409. The molecule has 2 aliphatic heterocycles. The number of hydrogen-bond donors (Lipinski definition) is 5. The van der Waals surface area contributed by atoms with Crippen molar-refractivity contribution in [2.45, 2.75) is 48.7 Å². The minimum absolute atomic E-state index is 0.0465. The molecule has 2 aromatic rings. The van der Waals surface area contributed by atoms with Gasteiger partial charge in [0.1, 0.15) is 34.4 Å². The van der Waals surface area contributed by atoms with Gasteiger partial charge < -0.3 is 20.7 Å². The molecule has 3 atom stereocenters. The molecule has 14 heteroatoms. The molecule has 1 saturated heterocycles. The lowest BCUT2D eigenvalue weighted by Crippen LogP contribution is -2.65. The van der Waals surface area contributed by atoms with Crippen molar-refractivity contribution in [2.75, 3.05) is 11.9 Å². The Morgan fingerprint density at radius 2 is 1.92 bits per heavy atom. The van der Waals surface area contributed by atoms with E-state index in [0.717, 1.165) is 12.3 Å². The number of aromatic nitrogens is 2. The molecule has 1 fully saturated rings. The van der Waals surface area contributed by atoms with Crippen LogP contribution in [0.3, 0.4) is 0 Å².